The highest BCUT2D eigenvalue weighted by molar-refractivity contribution is 5.92. The average Bonchev–Trinajstić information content (AvgIpc) is 3.04. The molecule has 1 atom stereocenters. The first kappa shape index (κ1) is 16.4. The number of benzene rings is 1. The average molecular weight is 325 g/mol. The molecule has 126 valence electrons. The third-order valence-corrected chi connectivity index (χ3v) is 4.70. The van der Waals surface area contributed by atoms with E-state index in [1.807, 2.05) is 19.2 Å². The number of fused-ring (bicyclic) bond motifs is 1. The van der Waals surface area contributed by atoms with Gasteiger partial charge in [0.05, 0.1) is 6.04 Å². The lowest BCUT2D eigenvalue weighted by Crippen LogP contribution is -2.33. The number of aromatic nitrogens is 2. The van der Waals surface area contributed by atoms with E-state index < -0.39 is 0 Å². The van der Waals surface area contributed by atoms with Crippen molar-refractivity contribution in [3.05, 3.63) is 63.6 Å². The van der Waals surface area contributed by atoms with E-state index in [0.717, 1.165) is 25.7 Å². The minimum atomic E-state index is -0.158. The molecule has 3 rings (SSSR count). The second-order valence-electron chi connectivity index (χ2n) is 6.30. The first-order valence-electron chi connectivity index (χ1n) is 8.55. The van der Waals surface area contributed by atoms with Crippen LogP contribution in [-0.2, 0) is 13.0 Å². The highest BCUT2D eigenvalue weighted by atomic mass is 16.2. The fourth-order valence-electron chi connectivity index (χ4n) is 3.29. The number of aryl methyl sites for hydroxylation is 2. The number of nitrogens with zero attached hydrogens (tertiary/aromatic N) is 3. The van der Waals surface area contributed by atoms with Crippen LogP contribution in [0.4, 0.5) is 0 Å². The molecule has 0 radical (unpaired) electrons. The molecule has 0 bridgehead atoms. The van der Waals surface area contributed by atoms with Crippen LogP contribution >= 0.6 is 0 Å². The summed E-state index contributed by atoms with van der Waals surface area (Å²) in [6.07, 6.45) is 3.76. The highest BCUT2D eigenvalue weighted by Gasteiger charge is 2.29. The van der Waals surface area contributed by atoms with Gasteiger partial charge in [0.2, 0.25) is 0 Å². The molecule has 0 aliphatic heterocycles. The molecule has 0 N–H and O–H groups in total. The summed E-state index contributed by atoms with van der Waals surface area (Å²) in [6, 6.07) is 11.3. The Morgan fingerprint density at radius 1 is 1.29 bits per heavy atom. The molecule has 1 unspecified atom stereocenters. The van der Waals surface area contributed by atoms with Gasteiger partial charge < -0.3 is 4.90 Å². The Kier molecular flexibility index (Phi) is 4.79. The van der Waals surface area contributed by atoms with Crippen molar-refractivity contribution in [2.75, 3.05) is 7.05 Å². The van der Waals surface area contributed by atoms with Crippen molar-refractivity contribution in [1.82, 2.24) is 14.7 Å². The number of unbranched alkanes of at least 4 members (excludes halogenated alkanes) is 1. The van der Waals surface area contributed by atoms with Gasteiger partial charge in [0.1, 0.15) is 5.69 Å². The van der Waals surface area contributed by atoms with Crippen LogP contribution in [0.1, 0.15) is 53.8 Å². The van der Waals surface area contributed by atoms with Crippen LogP contribution in [0.25, 0.3) is 0 Å². The van der Waals surface area contributed by atoms with Crippen LogP contribution in [-0.4, -0.2) is 27.6 Å². The molecule has 0 spiro atoms. The van der Waals surface area contributed by atoms with Crippen LogP contribution in [0, 0.1) is 0 Å². The fourth-order valence-corrected chi connectivity index (χ4v) is 3.29. The summed E-state index contributed by atoms with van der Waals surface area (Å²) in [6.45, 7) is 2.61. The number of hydrogen-bond acceptors (Lipinski definition) is 3. The molecule has 2 aromatic rings. The minimum absolute atomic E-state index is 0.0755. The van der Waals surface area contributed by atoms with Gasteiger partial charge in [-0.2, -0.15) is 5.10 Å². The zero-order valence-electron chi connectivity index (χ0n) is 14.2. The Balaban J connectivity index is 1.83. The van der Waals surface area contributed by atoms with Gasteiger partial charge in [0.15, 0.2) is 0 Å². The van der Waals surface area contributed by atoms with E-state index in [2.05, 4.69) is 24.2 Å². The third kappa shape index (κ3) is 3.11. The number of carbonyl (C=O) groups excluding carboxylic acids is 1. The number of hydrogen-bond donors (Lipinski definition) is 0. The van der Waals surface area contributed by atoms with E-state index in [-0.39, 0.29) is 17.5 Å². The van der Waals surface area contributed by atoms with Gasteiger partial charge in [-0.3, -0.25) is 9.59 Å². The molecule has 24 heavy (non-hydrogen) atoms. The lowest BCUT2D eigenvalue weighted by atomic mass is 10.1. The van der Waals surface area contributed by atoms with Crippen molar-refractivity contribution in [3.8, 4) is 0 Å². The summed E-state index contributed by atoms with van der Waals surface area (Å²) in [5.41, 5.74) is 2.70. The standard InChI is InChI=1S/C19H23N3O2/c1-3-4-13-22-18(23)12-10-16(20-22)19(24)21(2)17-11-9-14-7-5-6-8-15(14)17/h5-8,10,12,17H,3-4,9,11,13H2,1-2H3. The van der Waals surface area contributed by atoms with E-state index in [0.29, 0.717) is 12.2 Å². The lowest BCUT2D eigenvalue weighted by Gasteiger charge is -2.25. The fraction of sp³-hybridized carbons (Fsp3) is 0.421. The van der Waals surface area contributed by atoms with Crippen molar-refractivity contribution < 1.29 is 4.79 Å². The molecule has 1 amide bonds. The van der Waals surface area contributed by atoms with E-state index in [9.17, 15) is 9.59 Å². The maximum atomic E-state index is 12.8. The lowest BCUT2D eigenvalue weighted by molar-refractivity contribution is 0.0721. The van der Waals surface area contributed by atoms with E-state index >= 15 is 0 Å². The smallest absolute Gasteiger partial charge is 0.274 e. The van der Waals surface area contributed by atoms with E-state index in [1.54, 1.807) is 4.90 Å². The van der Waals surface area contributed by atoms with E-state index in [1.165, 1.54) is 27.9 Å². The van der Waals surface area contributed by atoms with Crippen molar-refractivity contribution in [2.24, 2.45) is 0 Å². The van der Waals surface area contributed by atoms with E-state index in [4.69, 9.17) is 0 Å². The normalized spacial score (nSPS) is 16.0. The molecule has 0 fully saturated rings. The molecule has 0 saturated carbocycles. The number of amides is 1. The molecular weight excluding hydrogens is 302 g/mol. The van der Waals surface area contributed by atoms with Crippen LogP contribution in [0.2, 0.25) is 0 Å². The van der Waals surface area contributed by atoms with Crippen LogP contribution < -0.4 is 5.56 Å². The molecule has 1 aromatic heterocycles. The Bertz CT molecular complexity index is 797. The summed E-state index contributed by atoms with van der Waals surface area (Å²) in [5.74, 6) is -0.137. The zero-order valence-corrected chi connectivity index (χ0v) is 14.2. The monoisotopic (exact) mass is 325 g/mol. The maximum absolute atomic E-state index is 12.8. The van der Waals surface area contributed by atoms with Gasteiger partial charge in [0, 0.05) is 19.7 Å². The SMILES string of the molecule is CCCCn1nc(C(=O)N(C)C2CCc3ccccc32)ccc1=O. The topological polar surface area (TPSA) is 55.2 Å². The Morgan fingerprint density at radius 3 is 2.88 bits per heavy atom. The summed E-state index contributed by atoms with van der Waals surface area (Å²) in [4.78, 5) is 26.4. The number of carbonyl (C=O) groups is 1. The second-order valence-corrected chi connectivity index (χ2v) is 6.30. The molecule has 1 aliphatic rings. The summed E-state index contributed by atoms with van der Waals surface area (Å²) in [5, 5.41) is 4.27. The van der Waals surface area contributed by atoms with Crippen molar-refractivity contribution in [2.45, 2.75) is 45.2 Å². The van der Waals surface area contributed by atoms with Crippen LogP contribution in [0.3, 0.4) is 0 Å². The highest BCUT2D eigenvalue weighted by Crippen LogP contribution is 2.35. The van der Waals surface area contributed by atoms with Gasteiger partial charge in [-0.05, 0) is 36.5 Å². The number of rotatable bonds is 5. The molecular formula is C19H23N3O2. The predicted octanol–water partition coefficient (Wildman–Crippen LogP) is 2.80. The Morgan fingerprint density at radius 2 is 2.08 bits per heavy atom. The minimum Gasteiger partial charge on any atom is -0.333 e. The van der Waals surface area contributed by atoms with Gasteiger partial charge >= 0.3 is 0 Å². The van der Waals surface area contributed by atoms with Crippen molar-refractivity contribution >= 4 is 5.91 Å². The molecule has 0 saturated heterocycles. The molecule has 5 heteroatoms. The van der Waals surface area contributed by atoms with Gasteiger partial charge in [-0.25, -0.2) is 4.68 Å². The summed E-state index contributed by atoms with van der Waals surface area (Å²) >= 11 is 0. The quantitative estimate of drug-likeness (QED) is 0.849. The van der Waals surface area contributed by atoms with Crippen LogP contribution in [0.5, 0.6) is 0 Å². The molecule has 1 aliphatic carbocycles. The molecule has 1 heterocycles. The molecule has 1 aromatic carbocycles. The Hall–Kier alpha value is -2.43. The van der Waals surface area contributed by atoms with Crippen LogP contribution in [0.15, 0.2) is 41.2 Å². The second kappa shape index (κ2) is 6.99. The predicted molar refractivity (Wildman–Crippen MR) is 93.0 cm³/mol. The summed E-state index contributed by atoms with van der Waals surface area (Å²) in [7, 11) is 1.82. The van der Waals surface area contributed by atoms with Gasteiger partial charge in [-0.15, -0.1) is 0 Å². The Labute approximate surface area is 141 Å². The first-order chi connectivity index (χ1) is 11.6. The summed E-state index contributed by atoms with van der Waals surface area (Å²) < 4.78 is 1.40. The van der Waals surface area contributed by atoms with Gasteiger partial charge in [-0.1, -0.05) is 37.6 Å². The van der Waals surface area contributed by atoms with Crippen molar-refractivity contribution in [3.63, 3.8) is 0 Å². The largest absolute Gasteiger partial charge is 0.333 e. The van der Waals surface area contributed by atoms with Gasteiger partial charge in [0.25, 0.3) is 11.5 Å². The zero-order chi connectivity index (χ0) is 17.1. The van der Waals surface area contributed by atoms with Crippen molar-refractivity contribution in [1.29, 1.82) is 0 Å². The molecule has 5 nitrogen and oxygen atoms in total. The first-order valence-corrected chi connectivity index (χ1v) is 8.55. The third-order valence-electron chi connectivity index (χ3n) is 4.70. The maximum Gasteiger partial charge on any atom is 0.274 e.